The maximum atomic E-state index is 12.8. The molecule has 3 rings (SSSR count). The zero-order valence-electron chi connectivity index (χ0n) is 13.2. The van der Waals surface area contributed by atoms with Crippen LogP contribution in [-0.4, -0.2) is 42.1 Å². The quantitative estimate of drug-likeness (QED) is 0.883. The average Bonchev–Trinajstić information content (AvgIpc) is 2.61. The van der Waals surface area contributed by atoms with Gasteiger partial charge in [-0.25, -0.2) is 4.79 Å². The van der Waals surface area contributed by atoms with Crippen LogP contribution in [0.5, 0.6) is 0 Å². The predicted molar refractivity (Wildman–Crippen MR) is 89.1 cm³/mol. The van der Waals surface area contributed by atoms with Crippen molar-refractivity contribution >= 4 is 17.6 Å². The fourth-order valence-corrected chi connectivity index (χ4v) is 2.78. The summed E-state index contributed by atoms with van der Waals surface area (Å²) >= 11 is 0. The van der Waals surface area contributed by atoms with E-state index in [9.17, 15) is 9.59 Å². The van der Waals surface area contributed by atoms with E-state index >= 15 is 0 Å². The van der Waals surface area contributed by atoms with Gasteiger partial charge in [0, 0.05) is 19.3 Å². The van der Waals surface area contributed by atoms with Gasteiger partial charge in [0.25, 0.3) is 5.91 Å². The Kier molecular flexibility index (Phi) is 4.48. The van der Waals surface area contributed by atoms with Crippen molar-refractivity contribution in [3.63, 3.8) is 0 Å². The van der Waals surface area contributed by atoms with Crippen molar-refractivity contribution in [1.29, 1.82) is 0 Å². The molecular weight excluding hydrogens is 308 g/mol. The van der Waals surface area contributed by atoms with E-state index in [-0.39, 0.29) is 17.6 Å². The van der Waals surface area contributed by atoms with Gasteiger partial charge >= 0.3 is 5.97 Å². The second-order valence-electron chi connectivity index (χ2n) is 5.51. The van der Waals surface area contributed by atoms with Crippen LogP contribution in [0.1, 0.15) is 32.4 Å². The molecule has 1 aliphatic heterocycles. The first-order valence-electron chi connectivity index (χ1n) is 7.60. The molecule has 1 amide bonds. The summed E-state index contributed by atoms with van der Waals surface area (Å²) in [4.78, 5) is 25.5. The Morgan fingerprint density at radius 3 is 2.58 bits per heavy atom. The number of hydrogen-bond donors (Lipinski definition) is 2. The first-order chi connectivity index (χ1) is 11.6. The molecule has 6 heteroatoms. The number of carboxylic acids is 1. The van der Waals surface area contributed by atoms with E-state index in [4.69, 9.17) is 9.84 Å². The Bertz CT molecular complexity index is 758. The van der Waals surface area contributed by atoms with Gasteiger partial charge < -0.3 is 20.1 Å². The largest absolute Gasteiger partial charge is 0.478 e. The molecule has 0 spiro atoms. The Hall–Kier alpha value is -2.86. The van der Waals surface area contributed by atoms with Gasteiger partial charge in [-0.1, -0.05) is 24.3 Å². The predicted octanol–water partition coefficient (Wildman–Crippen LogP) is 2.60. The summed E-state index contributed by atoms with van der Waals surface area (Å²) in [6, 6.07) is 13.9. The Labute approximate surface area is 139 Å². The number of methoxy groups -OCH3 is 1. The van der Waals surface area contributed by atoms with Crippen molar-refractivity contribution < 1.29 is 19.4 Å². The molecule has 0 bridgehead atoms. The molecule has 0 aromatic heterocycles. The molecular formula is C18H18N2O4. The van der Waals surface area contributed by atoms with Gasteiger partial charge in [-0.05, 0) is 29.8 Å². The summed E-state index contributed by atoms with van der Waals surface area (Å²) < 4.78 is 5.12. The van der Waals surface area contributed by atoms with Crippen molar-refractivity contribution in [2.75, 3.05) is 25.6 Å². The van der Waals surface area contributed by atoms with Crippen LogP contribution in [0.3, 0.4) is 0 Å². The lowest BCUT2D eigenvalue weighted by Crippen LogP contribution is -2.44. The Balaban J connectivity index is 1.97. The van der Waals surface area contributed by atoms with Crippen LogP contribution in [0.4, 0.5) is 5.69 Å². The molecule has 0 saturated heterocycles. The molecule has 1 aliphatic rings. The van der Waals surface area contributed by atoms with Gasteiger partial charge in [-0.15, -0.1) is 0 Å². The lowest BCUT2D eigenvalue weighted by atomic mass is 10.0. The van der Waals surface area contributed by atoms with Crippen molar-refractivity contribution in [3.05, 3.63) is 65.2 Å². The minimum atomic E-state index is -0.976. The third-order valence-corrected chi connectivity index (χ3v) is 4.03. The third-order valence-electron chi connectivity index (χ3n) is 4.03. The number of anilines is 1. The Morgan fingerprint density at radius 1 is 1.21 bits per heavy atom. The molecule has 0 fully saturated rings. The number of carbonyl (C=O) groups is 2. The maximum Gasteiger partial charge on any atom is 0.335 e. The number of nitrogens with zero attached hydrogens (tertiary/aromatic N) is 1. The molecule has 0 radical (unpaired) electrons. The second-order valence-corrected chi connectivity index (χ2v) is 5.51. The smallest absolute Gasteiger partial charge is 0.335 e. The number of carboxylic acid groups (broad SMARTS) is 1. The highest BCUT2D eigenvalue weighted by atomic mass is 16.5. The SMILES string of the molecule is COCCN1C(=O)c2ccccc2N[C@H]1c1ccc(C(=O)O)cc1. The van der Waals surface area contributed by atoms with E-state index in [1.807, 2.05) is 18.2 Å². The topological polar surface area (TPSA) is 78.9 Å². The minimum absolute atomic E-state index is 0.0753. The number of amides is 1. The van der Waals surface area contributed by atoms with E-state index in [2.05, 4.69) is 5.32 Å². The van der Waals surface area contributed by atoms with Crippen LogP contribution in [-0.2, 0) is 4.74 Å². The van der Waals surface area contributed by atoms with Crippen molar-refractivity contribution in [2.24, 2.45) is 0 Å². The summed E-state index contributed by atoms with van der Waals surface area (Å²) in [5.74, 6) is -1.05. The maximum absolute atomic E-state index is 12.8. The van der Waals surface area contributed by atoms with Gasteiger partial charge in [0.05, 0.1) is 17.7 Å². The second kappa shape index (κ2) is 6.72. The lowest BCUT2D eigenvalue weighted by Gasteiger charge is -2.38. The van der Waals surface area contributed by atoms with Gasteiger partial charge in [0.1, 0.15) is 6.17 Å². The molecule has 2 aromatic rings. The standard InChI is InChI=1S/C18H18N2O4/c1-24-11-10-20-16(12-6-8-13(9-7-12)18(22)23)19-15-5-3-2-4-14(15)17(20)21/h2-9,16,19H,10-11H2,1H3,(H,22,23)/t16-/m1/s1. The number of nitrogens with one attached hydrogen (secondary N) is 1. The summed E-state index contributed by atoms with van der Waals surface area (Å²) in [6.45, 7) is 0.849. The van der Waals surface area contributed by atoms with E-state index in [1.165, 1.54) is 0 Å². The molecule has 2 N–H and O–H groups in total. The molecule has 0 aliphatic carbocycles. The number of rotatable bonds is 5. The van der Waals surface area contributed by atoms with Crippen LogP contribution in [0, 0.1) is 0 Å². The van der Waals surface area contributed by atoms with E-state index in [0.29, 0.717) is 18.7 Å². The fourth-order valence-electron chi connectivity index (χ4n) is 2.78. The zero-order chi connectivity index (χ0) is 17.1. The molecule has 0 unspecified atom stereocenters. The van der Waals surface area contributed by atoms with E-state index in [0.717, 1.165) is 11.3 Å². The summed E-state index contributed by atoms with van der Waals surface area (Å²) in [7, 11) is 1.59. The zero-order valence-corrected chi connectivity index (χ0v) is 13.2. The normalized spacial score (nSPS) is 16.5. The van der Waals surface area contributed by atoms with Crippen molar-refractivity contribution in [3.8, 4) is 0 Å². The molecule has 6 nitrogen and oxygen atoms in total. The number of carbonyl (C=O) groups excluding carboxylic acids is 1. The highest BCUT2D eigenvalue weighted by Crippen LogP contribution is 2.32. The van der Waals surface area contributed by atoms with Crippen LogP contribution < -0.4 is 5.32 Å². The number of fused-ring (bicyclic) bond motifs is 1. The summed E-state index contributed by atoms with van der Waals surface area (Å²) in [5.41, 5.74) is 2.42. The van der Waals surface area contributed by atoms with Crippen LogP contribution in [0.15, 0.2) is 48.5 Å². The van der Waals surface area contributed by atoms with Gasteiger partial charge in [-0.2, -0.15) is 0 Å². The van der Waals surface area contributed by atoms with Gasteiger partial charge in [0.2, 0.25) is 0 Å². The molecule has 2 aromatic carbocycles. The third kappa shape index (κ3) is 2.96. The van der Waals surface area contributed by atoms with E-state index in [1.54, 1.807) is 42.3 Å². The van der Waals surface area contributed by atoms with Crippen LogP contribution in [0.2, 0.25) is 0 Å². The monoisotopic (exact) mass is 326 g/mol. The number of benzene rings is 2. The first kappa shape index (κ1) is 16.0. The van der Waals surface area contributed by atoms with Crippen LogP contribution in [0.25, 0.3) is 0 Å². The van der Waals surface area contributed by atoms with Gasteiger partial charge in [0.15, 0.2) is 0 Å². The lowest BCUT2D eigenvalue weighted by molar-refractivity contribution is 0.0608. The molecule has 124 valence electrons. The van der Waals surface area contributed by atoms with Crippen LogP contribution >= 0.6 is 0 Å². The molecule has 1 heterocycles. The summed E-state index contributed by atoms with van der Waals surface area (Å²) in [6.07, 6.45) is -0.370. The van der Waals surface area contributed by atoms with Crippen molar-refractivity contribution in [1.82, 2.24) is 4.90 Å². The molecule has 24 heavy (non-hydrogen) atoms. The highest BCUT2D eigenvalue weighted by molar-refractivity contribution is 6.01. The number of aromatic carboxylic acids is 1. The number of para-hydroxylation sites is 1. The average molecular weight is 326 g/mol. The molecule has 0 saturated carbocycles. The van der Waals surface area contributed by atoms with Crippen molar-refractivity contribution in [2.45, 2.75) is 6.17 Å². The fraction of sp³-hybridized carbons (Fsp3) is 0.222. The van der Waals surface area contributed by atoms with E-state index < -0.39 is 5.97 Å². The number of ether oxygens (including phenoxy) is 1. The summed E-state index contributed by atoms with van der Waals surface area (Å²) in [5, 5.41) is 12.4. The minimum Gasteiger partial charge on any atom is -0.478 e. The highest BCUT2D eigenvalue weighted by Gasteiger charge is 2.32. The Morgan fingerprint density at radius 2 is 1.92 bits per heavy atom. The molecule has 1 atom stereocenters. The first-order valence-corrected chi connectivity index (χ1v) is 7.60. The number of hydrogen-bond acceptors (Lipinski definition) is 4. The van der Waals surface area contributed by atoms with Gasteiger partial charge in [-0.3, -0.25) is 4.79 Å².